The van der Waals surface area contributed by atoms with Gasteiger partial charge < -0.3 is 20.3 Å². The Labute approximate surface area is 224 Å². The Morgan fingerprint density at radius 2 is 1.76 bits per heavy atom. The molecule has 0 aromatic heterocycles. The van der Waals surface area contributed by atoms with E-state index in [2.05, 4.69) is 24.1 Å². The number of alkyl carbamates (subject to hydrolysis) is 1. The second-order valence-electron chi connectivity index (χ2n) is 10.8. The average Bonchev–Trinajstić information content (AvgIpc) is 2.85. The Morgan fingerprint density at radius 3 is 2.30 bits per heavy atom. The van der Waals surface area contributed by atoms with Crippen molar-refractivity contribution in [2.45, 2.75) is 111 Å². The molecule has 0 aliphatic heterocycles. The molecule has 1 aromatic rings. The fourth-order valence-corrected chi connectivity index (χ4v) is 4.05. The molecule has 2 N–H and O–H groups in total. The van der Waals surface area contributed by atoms with Crippen LogP contribution in [0.15, 0.2) is 30.8 Å². The third kappa shape index (κ3) is 10.2. The summed E-state index contributed by atoms with van der Waals surface area (Å²) in [7, 11) is 0. The molecule has 0 bridgehead atoms. The zero-order chi connectivity index (χ0) is 28.2. The van der Waals surface area contributed by atoms with E-state index in [1.807, 2.05) is 52.0 Å². The summed E-state index contributed by atoms with van der Waals surface area (Å²) in [6.07, 6.45) is 5.32. The van der Waals surface area contributed by atoms with Gasteiger partial charge in [0.2, 0.25) is 11.8 Å². The lowest BCUT2D eigenvalue weighted by atomic mass is 9.93. The molecule has 1 aromatic carbocycles. The van der Waals surface area contributed by atoms with Crippen LogP contribution < -0.4 is 10.6 Å². The Kier molecular flexibility index (Phi) is 13.4. The Hall–Kier alpha value is -2.83. The van der Waals surface area contributed by atoms with Crippen LogP contribution in [0, 0.1) is 5.92 Å². The number of unbranched alkanes of at least 4 members (excludes halogenated alkanes) is 2. The minimum Gasteiger partial charge on any atom is -0.444 e. The zero-order valence-electron chi connectivity index (χ0n) is 24.2. The molecular formula is C30H49N3O4. The molecule has 0 fully saturated rings. The molecular weight excluding hydrogens is 466 g/mol. The van der Waals surface area contributed by atoms with Crippen LogP contribution in [0.2, 0.25) is 0 Å². The first-order valence-electron chi connectivity index (χ1n) is 13.7. The van der Waals surface area contributed by atoms with E-state index in [1.54, 1.807) is 31.7 Å². The van der Waals surface area contributed by atoms with Crippen LogP contribution in [-0.4, -0.2) is 47.0 Å². The Morgan fingerprint density at radius 1 is 1.08 bits per heavy atom. The Bertz CT molecular complexity index is 893. The fraction of sp³-hybridized carbons (Fsp3) is 0.633. The highest BCUT2D eigenvalue weighted by Crippen LogP contribution is 2.28. The number of hydrogen-bond donors (Lipinski definition) is 2. The quantitative estimate of drug-likeness (QED) is 0.287. The van der Waals surface area contributed by atoms with Gasteiger partial charge in [-0.3, -0.25) is 9.59 Å². The predicted octanol–water partition coefficient (Wildman–Crippen LogP) is 6.24. The van der Waals surface area contributed by atoms with Crippen molar-refractivity contribution >= 4 is 24.0 Å². The molecule has 7 heteroatoms. The SMILES string of the molecule is C=Cc1cccc(C(C(=O)NCCCCC)N(C(=O)C(NC(=O)OC(C)(C)C)C(C)CC)C(C)CC)c1. The van der Waals surface area contributed by atoms with Crippen LogP contribution in [0.4, 0.5) is 4.79 Å². The highest BCUT2D eigenvalue weighted by atomic mass is 16.6. The minimum atomic E-state index is -0.851. The summed E-state index contributed by atoms with van der Waals surface area (Å²) in [5.41, 5.74) is 0.873. The third-order valence-corrected chi connectivity index (χ3v) is 6.54. The molecule has 7 nitrogen and oxygen atoms in total. The molecule has 1 rings (SSSR count). The van der Waals surface area contributed by atoms with Crippen molar-refractivity contribution in [2.75, 3.05) is 6.54 Å². The maximum Gasteiger partial charge on any atom is 0.408 e. The normalized spacial score (nSPS) is 14.6. The maximum absolute atomic E-state index is 14.3. The number of nitrogens with zero attached hydrogens (tertiary/aromatic N) is 1. The Balaban J connectivity index is 3.54. The van der Waals surface area contributed by atoms with E-state index in [4.69, 9.17) is 4.74 Å². The van der Waals surface area contributed by atoms with Crippen molar-refractivity contribution in [1.82, 2.24) is 15.5 Å². The minimum absolute atomic E-state index is 0.167. The lowest BCUT2D eigenvalue weighted by molar-refractivity contribution is -0.146. The monoisotopic (exact) mass is 515 g/mol. The van der Waals surface area contributed by atoms with Gasteiger partial charge in [0.05, 0.1) is 0 Å². The van der Waals surface area contributed by atoms with Gasteiger partial charge in [-0.1, -0.05) is 77.8 Å². The van der Waals surface area contributed by atoms with Crippen molar-refractivity contribution in [2.24, 2.45) is 5.92 Å². The molecule has 4 unspecified atom stereocenters. The van der Waals surface area contributed by atoms with Crippen molar-refractivity contribution < 1.29 is 19.1 Å². The van der Waals surface area contributed by atoms with E-state index in [0.29, 0.717) is 24.9 Å². The van der Waals surface area contributed by atoms with Gasteiger partial charge in [-0.05, 0) is 63.6 Å². The van der Waals surface area contributed by atoms with Crippen LogP contribution >= 0.6 is 0 Å². The summed E-state index contributed by atoms with van der Waals surface area (Å²) in [6, 6.07) is 5.60. The number of amides is 3. The number of ether oxygens (including phenoxy) is 1. The van der Waals surface area contributed by atoms with Gasteiger partial charge in [-0.15, -0.1) is 0 Å². The molecule has 0 aliphatic rings. The molecule has 37 heavy (non-hydrogen) atoms. The van der Waals surface area contributed by atoms with E-state index in [1.165, 1.54) is 0 Å². The highest BCUT2D eigenvalue weighted by molar-refractivity contribution is 5.92. The molecule has 4 atom stereocenters. The van der Waals surface area contributed by atoms with Gasteiger partial charge in [-0.25, -0.2) is 4.79 Å². The summed E-state index contributed by atoms with van der Waals surface area (Å²) < 4.78 is 5.47. The molecule has 0 spiro atoms. The summed E-state index contributed by atoms with van der Waals surface area (Å²) in [6.45, 7) is 19.7. The van der Waals surface area contributed by atoms with Crippen molar-refractivity contribution in [1.29, 1.82) is 0 Å². The maximum atomic E-state index is 14.3. The number of benzene rings is 1. The summed E-state index contributed by atoms with van der Waals surface area (Å²) in [5.74, 6) is -0.697. The van der Waals surface area contributed by atoms with Crippen LogP contribution in [0.25, 0.3) is 6.08 Å². The van der Waals surface area contributed by atoms with Gasteiger partial charge in [0, 0.05) is 12.6 Å². The molecule has 208 valence electrons. The lowest BCUT2D eigenvalue weighted by Crippen LogP contribution is -2.57. The first kappa shape index (κ1) is 32.2. The van der Waals surface area contributed by atoms with Gasteiger partial charge in [-0.2, -0.15) is 0 Å². The predicted molar refractivity (Wildman–Crippen MR) is 151 cm³/mol. The molecule has 0 saturated heterocycles. The molecule has 3 amide bonds. The van der Waals surface area contributed by atoms with Crippen LogP contribution in [0.1, 0.15) is 105 Å². The van der Waals surface area contributed by atoms with Crippen molar-refractivity contribution in [3.05, 3.63) is 42.0 Å². The number of carbonyl (C=O) groups excluding carboxylic acids is 3. The topological polar surface area (TPSA) is 87.7 Å². The summed E-state index contributed by atoms with van der Waals surface area (Å²) in [5, 5.41) is 5.86. The second kappa shape index (κ2) is 15.4. The number of nitrogens with one attached hydrogen (secondary N) is 2. The van der Waals surface area contributed by atoms with Gasteiger partial charge >= 0.3 is 6.09 Å². The van der Waals surface area contributed by atoms with E-state index in [-0.39, 0.29) is 23.8 Å². The van der Waals surface area contributed by atoms with Crippen molar-refractivity contribution in [3.8, 4) is 0 Å². The van der Waals surface area contributed by atoms with Gasteiger partial charge in [0.25, 0.3) is 0 Å². The van der Waals surface area contributed by atoms with E-state index in [9.17, 15) is 14.4 Å². The third-order valence-electron chi connectivity index (χ3n) is 6.54. The number of rotatable bonds is 14. The van der Waals surface area contributed by atoms with E-state index >= 15 is 0 Å². The summed E-state index contributed by atoms with van der Waals surface area (Å²) >= 11 is 0. The number of carbonyl (C=O) groups is 3. The van der Waals surface area contributed by atoms with Gasteiger partial charge in [0.1, 0.15) is 17.7 Å². The van der Waals surface area contributed by atoms with Crippen LogP contribution in [0.5, 0.6) is 0 Å². The molecule has 0 radical (unpaired) electrons. The number of hydrogen-bond acceptors (Lipinski definition) is 4. The largest absolute Gasteiger partial charge is 0.444 e. The molecule has 0 aliphatic carbocycles. The fourth-order valence-electron chi connectivity index (χ4n) is 4.05. The standard InChI is InChI=1S/C30H49N3O4/c1-10-14-15-19-31-27(34)26(24-18-16-17-23(13-4)20-24)33(22(6)12-3)28(35)25(21(5)11-2)32-29(36)37-30(7,8)9/h13,16-18,20-22,25-26H,4,10-12,14-15,19H2,1-3,5-9H3,(H,31,34)(H,32,36). The lowest BCUT2D eigenvalue weighted by Gasteiger charge is -2.39. The average molecular weight is 516 g/mol. The van der Waals surface area contributed by atoms with E-state index in [0.717, 1.165) is 24.8 Å². The van der Waals surface area contributed by atoms with Crippen LogP contribution in [-0.2, 0) is 14.3 Å². The highest BCUT2D eigenvalue weighted by Gasteiger charge is 2.40. The van der Waals surface area contributed by atoms with Gasteiger partial charge in [0.15, 0.2) is 0 Å². The summed E-state index contributed by atoms with van der Waals surface area (Å²) in [4.78, 5) is 42.3. The second-order valence-corrected chi connectivity index (χ2v) is 10.8. The van der Waals surface area contributed by atoms with E-state index < -0.39 is 23.8 Å². The smallest absolute Gasteiger partial charge is 0.408 e. The molecule has 0 heterocycles. The van der Waals surface area contributed by atoms with Crippen LogP contribution in [0.3, 0.4) is 0 Å². The zero-order valence-corrected chi connectivity index (χ0v) is 24.2. The first-order chi connectivity index (χ1) is 17.4. The first-order valence-corrected chi connectivity index (χ1v) is 13.7. The van der Waals surface area contributed by atoms with Crippen molar-refractivity contribution in [3.63, 3.8) is 0 Å². The molecule has 0 saturated carbocycles.